The molecule has 1 aromatic carbocycles. The van der Waals surface area contributed by atoms with Crippen LogP contribution in [0.1, 0.15) is 10.4 Å². The molecular weight excluding hydrogens is 280 g/mol. The van der Waals surface area contributed by atoms with Crippen molar-refractivity contribution in [1.82, 2.24) is 5.32 Å². The fourth-order valence-corrected chi connectivity index (χ4v) is 2.12. The average Bonchev–Trinajstić information content (AvgIpc) is 2.46. The van der Waals surface area contributed by atoms with E-state index in [9.17, 15) is 9.59 Å². The van der Waals surface area contributed by atoms with Gasteiger partial charge in [0.15, 0.2) is 0 Å². The van der Waals surface area contributed by atoms with Crippen LogP contribution in [0, 0.1) is 0 Å². The van der Waals surface area contributed by atoms with Gasteiger partial charge in [-0.3, -0.25) is 4.79 Å². The Kier molecular flexibility index (Phi) is 6.17. The average molecular weight is 298 g/mol. The molecule has 0 spiro atoms. The molecule has 0 aliphatic heterocycles. The Morgan fingerprint density at radius 1 is 1.40 bits per heavy atom. The third-order valence-corrected chi connectivity index (χ3v) is 3.29. The highest BCUT2D eigenvalue weighted by atomic mass is 32.2. The van der Waals surface area contributed by atoms with E-state index in [1.807, 2.05) is 6.26 Å². The molecule has 0 fully saturated rings. The van der Waals surface area contributed by atoms with Gasteiger partial charge in [-0.05, 0) is 24.5 Å². The van der Waals surface area contributed by atoms with Crippen molar-refractivity contribution in [3.8, 4) is 5.75 Å². The summed E-state index contributed by atoms with van der Waals surface area (Å²) in [6, 6.07) is 3.99. The molecule has 6 nitrogen and oxygen atoms in total. The van der Waals surface area contributed by atoms with Gasteiger partial charge in [-0.1, -0.05) is 0 Å². The standard InChI is InChI=1S/C13H18N2O4S/c1-18-11-6-8(4-5-9(11)14)12(16)15-10(7-20-3)13(17)19-2/h4-6,10H,7,14H2,1-3H3,(H,15,16)/t10-/m1/s1. The molecule has 3 N–H and O–H groups in total. The zero-order valence-electron chi connectivity index (χ0n) is 11.6. The lowest BCUT2D eigenvalue weighted by Crippen LogP contribution is -2.43. The number of methoxy groups -OCH3 is 2. The van der Waals surface area contributed by atoms with Gasteiger partial charge in [-0.15, -0.1) is 0 Å². The van der Waals surface area contributed by atoms with Gasteiger partial charge in [-0.2, -0.15) is 11.8 Å². The summed E-state index contributed by atoms with van der Waals surface area (Å²) in [5.74, 6) is -0.00941. The van der Waals surface area contributed by atoms with E-state index in [-0.39, 0.29) is 5.91 Å². The minimum absolute atomic E-state index is 0.367. The van der Waals surface area contributed by atoms with Crippen molar-refractivity contribution in [2.75, 3.05) is 32.0 Å². The third kappa shape index (κ3) is 4.06. The molecule has 1 rings (SSSR count). The van der Waals surface area contributed by atoms with Crippen molar-refractivity contribution in [2.45, 2.75) is 6.04 Å². The molecule has 0 aromatic heterocycles. The molecular formula is C13H18N2O4S. The minimum Gasteiger partial charge on any atom is -0.495 e. The van der Waals surface area contributed by atoms with Crippen LogP contribution in [-0.2, 0) is 9.53 Å². The summed E-state index contributed by atoms with van der Waals surface area (Å²) in [5.41, 5.74) is 6.49. The zero-order valence-corrected chi connectivity index (χ0v) is 12.5. The fraction of sp³-hybridized carbons (Fsp3) is 0.385. The van der Waals surface area contributed by atoms with Crippen LogP contribution in [0.25, 0.3) is 0 Å². The van der Waals surface area contributed by atoms with Crippen molar-refractivity contribution < 1.29 is 19.1 Å². The van der Waals surface area contributed by atoms with Crippen molar-refractivity contribution in [3.63, 3.8) is 0 Å². The van der Waals surface area contributed by atoms with E-state index in [0.717, 1.165) is 0 Å². The predicted octanol–water partition coefficient (Wildman–Crippen LogP) is 0.912. The summed E-state index contributed by atoms with van der Waals surface area (Å²) in [4.78, 5) is 23.7. The molecule has 0 radical (unpaired) electrons. The van der Waals surface area contributed by atoms with E-state index in [2.05, 4.69) is 10.1 Å². The number of benzene rings is 1. The van der Waals surface area contributed by atoms with E-state index >= 15 is 0 Å². The van der Waals surface area contributed by atoms with Crippen molar-refractivity contribution in [3.05, 3.63) is 23.8 Å². The molecule has 0 heterocycles. The van der Waals surface area contributed by atoms with Gasteiger partial charge in [0.2, 0.25) is 0 Å². The molecule has 0 bridgehead atoms. The Labute approximate surface area is 122 Å². The first-order valence-electron chi connectivity index (χ1n) is 5.84. The molecule has 1 atom stereocenters. The first-order valence-corrected chi connectivity index (χ1v) is 7.24. The molecule has 0 saturated heterocycles. The number of hydrogen-bond donors (Lipinski definition) is 2. The molecule has 0 aliphatic carbocycles. The van der Waals surface area contributed by atoms with E-state index in [1.165, 1.54) is 32.0 Å². The van der Waals surface area contributed by atoms with Crippen molar-refractivity contribution >= 4 is 29.3 Å². The van der Waals surface area contributed by atoms with Crippen molar-refractivity contribution in [1.29, 1.82) is 0 Å². The second kappa shape index (κ2) is 7.64. The first kappa shape index (κ1) is 16.2. The number of carbonyl (C=O) groups is 2. The summed E-state index contributed by atoms with van der Waals surface area (Å²) in [7, 11) is 2.76. The maximum atomic E-state index is 12.1. The van der Waals surface area contributed by atoms with Crippen LogP contribution < -0.4 is 15.8 Å². The lowest BCUT2D eigenvalue weighted by atomic mass is 10.1. The Balaban J connectivity index is 2.86. The second-order valence-corrected chi connectivity index (χ2v) is 4.87. The number of carbonyl (C=O) groups excluding carboxylic acids is 2. The molecule has 1 amide bonds. The number of anilines is 1. The topological polar surface area (TPSA) is 90.7 Å². The summed E-state index contributed by atoms with van der Waals surface area (Å²) in [5, 5.41) is 2.63. The van der Waals surface area contributed by atoms with Crippen LogP contribution in [0.3, 0.4) is 0 Å². The molecule has 110 valence electrons. The van der Waals surface area contributed by atoms with Gasteiger partial charge >= 0.3 is 5.97 Å². The van der Waals surface area contributed by atoms with E-state index in [0.29, 0.717) is 22.8 Å². The Bertz CT molecular complexity index is 493. The summed E-state index contributed by atoms with van der Waals surface area (Å²) in [6.07, 6.45) is 1.84. The predicted molar refractivity (Wildman–Crippen MR) is 79.1 cm³/mol. The number of ether oxygens (including phenoxy) is 2. The minimum atomic E-state index is -0.689. The molecule has 0 unspecified atom stereocenters. The zero-order chi connectivity index (χ0) is 15.1. The Morgan fingerprint density at radius 3 is 2.65 bits per heavy atom. The lowest BCUT2D eigenvalue weighted by molar-refractivity contribution is -0.142. The number of hydrogen-bond acceptors (Lipinski definition) is 6. The summed E-state index contributed by atoms with van der Waals surface area (Å²) in [6.45, 7) is 0. The van der Waals surface area contributed by atoms with Crippen LogP contribution in [0.5, 0.6) is 5.75 Å². The maximum absolute atomic E-state index is 12.1. The quantitative estimate of drug-likeness (QED) is 0.599. The Morgan fingerprint density at radius 2 is 2.10 bits per heavy atom. The number of nitrogens with one attached hydrogen (secondary N) is 1. The number of esters is 1. The monoisotopic (exact) mass is 298 g/mol. The maximum Gasteiger partial charge on any atom is 0.329 e. The molecule has 20 heavy (non-hydrogen) atoms. The van der Waals surface area contributed by atoms with Crippen LogP contribution >= 0.6 is 11.8 Å². The number of nitrogen functional groups attached to an aromatic ring is 1. The van der Waals surface area contributed by atoms with Crippen LogP contribution in [0.2, 0.25) is 0 Å². The van der Waals surface area contributed by atoms with Gasteiger partial charge in [0, 0.05) is 11.3 Å². The molecule has 0 saturated carbocycles. The van der Waals surface area contributed by atoms with Gasteiger partial charge in [0.1, 0.15) is 11.8 Å². The van der Waals surface area contributed by atoms with Crippen LogP contribution in [0.4, 0.5) is 5.69 Å². The van der Waals surface area contributed by atoms with E-state index in [4.69, 9.17) is 10.5 Å². The van der Waals surface area contributed by atoms with Gasteiger partial charge < -0.3 is 20.5 Å². The molecule has 7 heteroatoms. The van der Waals surface area contributed by atoms with E-state index < -0.39 is 12.0 Å². The summed E-state index contributed by atoms with van der Waals surface area (Å²) < 4.78 is 9.71. The van der Waals surface area contributed by atoms with E-state index in [1.54, 1.807) is 12.1 Å². The van der Waals surface area contributed by atoms with Crippen LogP contribution in [-0.4, -0.2) is 44.1 Å². The highest BCUT2D eigenvalue weighted by molar-refractivity contribution is 7.98. The second-order valence-electron chi connectivity index (χ2n) is 3.96. The largest absolute Gasteiger partial charge is 0.495 e. The SMILES string of the molecule is COC(=O)[C@@H](CSC)NC(=O)c1ccc(N)c(OC)c1. The smallest absolute Gasteiger partial charge is 0.329 e. The summed E-state index contributed by atoms with van der Waals surface area (Å²) >= 11 is 1.44. The first-order chi connectivity index (χ1) is 9.53. The van der Waals surface area contributed by atoms with Gasteiger partial charge in [0.05, 0.1) is 19.9 Å². The third-order valence-electron chi connectivity index (χ3n) is 2.62. The fourth-order valence-electron chi connectivity index (χ4n) is 1.57. The lowest BCUT2D eigenvalue weighted by Gasteiger charge is -2.15. The normalized spacial score (nSPS) is 11.6. The van der Waals surface area contributed by atoms with Crippen molar-refractivity contribution in [2.24, 2.45) is 0 Å². The highest BCUT2D eigenvalue weighted by Gasteiger charge is 2.21. The highest BCUT2D eigenvalue weighted by Crippen LogP contribution is 2.22. The van der Waals surface area contributed by atoms with Gasteiger partial charge in [0.25, 0.3) is 5.91 Å². The number of thioether (sulfide) groups is 1. The molecule has 1 aromatic rings. The number of nitrogens with two attached hydrogens (primary N) is 1. The Hall–Kier alpha value is -1.89. The number of rotatable bonds is 6. The number of amides is 1. The van der Waals surface area contributed by atoms with Crippen LogP contribution in [0.15, 0.2) is 18.2 Å². The van der Waals surface area contributed by atoms with Gasteiger partial charge in [-0.25, -0.2) is 4.79 Å². The molecule has 0 aliphatic rings.